The maximum absolute atomic E-state index is 14.1. The van der Waals surface area contributed by atoms with Crippen LogP contribution < -0.4 is 9.62 Å². The van der Waals surface area contributed by atoms with Gasteiger partial charge >= 0.3 is 0 Å². The fourth-order valence-electron chi connectivity index (χ4n) is 4.09. The van der Waals surface area contributed by atoms with Crippen molar-refractivity contribution in [1.82, 2.24) is 10.2 Å². The molecule has 0 aliphatic heterocycles. The third-order valence-electron chi connectivity index (χ3n) is 5.88. The molecule has 11 heteroatoms. The highest BCUT2D eigenvalue weighted by atomic mass is 79.9. The molecule has 0 aliphatic carbocycles. The van der Waals surface area contributed by atoms with Crippen molar-refractivity contribution in [2.24, 2.45) is 0 Å². The number of nitrogens with zero attached hydrogens (tertiary/aromatic N) is 2. The number of halogens is 3. The molecular weight excluding hydrogens is 637 g/mol. The summed E-state index contributed by atoms with van der Waals surface area (Å²) >= 11 is 15.8. The second-order valence-electron chi connectivity index (χ2n) is 10.5. The minimum absolute atomic E-state index is 0.000864. The number of anilines is 1. The summed E-state index contributed by atoms with van der Waals surface area (Å²) in [7, 11) is -3.86. The maximum Gasteiger partial charge on any atom is 0.244 e. The average molecular weight is 669 g/mol. The van der Waals surface area contributed by atoms with Gasteiger partial charge in [-0.2, -0.15) is 0 Å². The van der Waals surface area contributed by atoms with Crippen LogP contribution in [0.1, 0.15) is 31.9 Å². The molecule has 2 amide bonds. The second-order valence-corrected chi connectivity index (χ2v) is 14.1. The highest BCUT2D eigenvalue weighted by Crippen LogP contribution is 2.26. The molecule has 40 heavy (non-hydrogen) atoms. The third-order valence-corrected chi connectivity index (χ3v) is 8.25. The molecule has 0 saturated carbocycles. The van der Waals surface area contributed by atoms with Gasteiger partial charge in [0.05, 0.1) is 22.0 Å². The molecule has 1 atom stereocenters. The third kappa shape index (κ3) is 9.23. The second kappa shape index (κ2) is 13.4. The number of nitrogens with one attached hydrogen (secondary N) is 1. The van der Waals surface area contributed by atoms with E-state index in [2.05, 4.69) is 21.2 Å². The summed E-state index contributed by atoms with van der Waals surface area (Å²) in [5.41, 5.74) is 1.23. The van der Waals surface area contributed by atoms with Crippen LogP contribution in [0.15, 0.2) is 77.3 Å². The summed E-state index contributed by atoms with van der Waals surface area (Å²) in [6.07, 6.45) is 1.25. The van der Waals surface area contributed by atoms with Crippen LogP contribution >= 0.6 is 39.1 Å². The maximum atomic E-state index is 14.1. The van der Waals surface area contributed by atoms with Gasteiger partial charge in [0.25, 0.3) is 0 Å². The van der Waals surface area contributed by atoms with E-state index in [1.165, 1.54) is 4.90 Å². The number of hydrogen-bond acceptors (Lipinski definition) is 4. The average Bonchev–Trinajstić information content (AvgIpc) is 2.85. The van der Waals surface area contributed by atoms with Crippen molar-refractivity contribution in [3.63, 3.8) is 0 Å². The Labute approximate surface area is 254 Å². The monoisotopic (exact) mass is 667 g/mol. The number of benzene rings is 3. The minimum Gasteiger partial charge on any atom is -0.350 e. The lowest BCUT2D eigenvalue weighted by Crippen LogP contribution is -2.56. The van der Waals surface area contributed by atoms with Gasteiger partial charge in [-0.15, -0.1) is 0 Å². The number of rotatable bonds is 10. The highest BCUT2D eigenvalue weighted by molar-refractivity contribution is 9.10. The van der Waals surface area contributed by atoms with Crippen molar-refractivity contribution in [2.75, 3.05) is 17.1 Å². The van der Waals surface area contributed by atoms with Crippen LogP contribution in [0, 0.1) is 0 Å². The largest absolute Gasteiger partial charge is 0.350 e. The van der Waals surface area contributed by atoms with E-state index in [4.69, 9.17) is 23.2 Å². The van der Waals surface area contributed by atoms with Gasteiger partial charge in [0, 0.05) is 23.0 Å². The van der Waals surface area contributed by atoms with Crippen molar-refractivity contribution in [3.8, 4) is 0 Å². The quantitative estimate of drug-likeness (QED) is 0.284. The van der Waals surface area contributed by atoms with Crippen molar-refractivity contribution < 1.29 is 18.0 Å². The fourth-order valence-corrected chi connectivity index (χ4v) is 5.64. The van der Waals surface area contributed by atoms with Gasteiger partial charge in [-0.1, -0.05) is 81.6 Å². The Balaban J connectivity index is 2.09. The molecule has 7 nitrogen and oxygen atoms in total. The fraction of sp³-hybridized carbons (Fsp3) is 0.310. The van der Waals surface area contributed by atoms with Crippen LogP contribution in [0.2, 0.25) is 10.0 Å². The number of carbonyl (C=O) groups excluding carboxylic acids is 2. The molecule has 0 saturated heterocycles. The molecule has 0 heterocycles. The molecule has 0 aliphatic rings. The van der Waals surface area contributed by atoms with Crippen molar-refractivity contribution in [2.45, 2.75) is 45.3 Å². The molecule has 0 bridgehead atoms. The van der Waals surface area contributed by atoms with E-state index in [1.807, 2.05) is 51.1 Å². The summed E-state index contributed by atoms with van der Waals surface area (Å²) in [6.45, 7) is 5.06. The van der Waals surface area contributed by atoms with Gasteiger partial charge in [-0.3, -0.25) is 13.9 Å². The molecule has 0 fully saturated rings. The lowest BCUT2D eigenvalue weighted by atomic mass is 10.0. The standard InChI is InChI=1S/C29H32BrCl2N3O4S/c1-29(2,3)33-28(37)26(16-20-9-6-5-7-10-20)34(18-21-13-14-24(31)25(32)15-21)27(36)19-35(40(4,38)39)23-12-8-11-22(30)17-23/h5-15,17,26H,16,18-19H2,1-4H3,(H,33,37)/t26-/m1/s1. The number of sulfonamides is 1. The predicted octanol–water partition coefficient (Wildman–Crippen LogP) is 6.08. The summed E-state index contributed by atoms with van der Waals surface area (Å²) in [4.78, 5) is 29.2. The van der Waals surface area contributed by atoms with E-state index in [0.717, 1.165) is 16.1 Å². The van der Waals surface area contributed by atoms with E-state index < -0.39 is 34.1 Å². The summed E-state index contributed by atoms with van der Waals surface area (Å²) in [5, 5.41) is 3.64. The van der Waals surface area contributed by atoms with Crippen LogP contribution in [0.5, 0.6) is 0 Å². The molecule has 1 N–H and O–H groups in total. The highest BCUT2D eigenvalue weighted by Gasteiger charge is 2.34. The topological polar surface area (TPSA) is 86.8 Å². The Morgan fingerprint density at radius 1 is 0.925 bits per heavy atom. The molecule has 214 valence electrons. The smallest absolute Gasteiger partial charge is 0.244 e. The normalized spacial score (nSPS) is 12.5. The molecule has 0 radical (unpaired) electrons. The predicted molar refractivity (Wildman–Crippen MR) is 165 cm³/mol. The summed E-state index contributed by atoms with van der Waals surface area (Å²) in [5.74, 6) is -0.917. The zero-order valence-electron chi connectivity index (χ0n) is 22.7. The van der Waals surface area contributed by atoms with Gasteiger partial charge < -0.3 is 10.2 Å². The number of carbonyl (C=O) groups is 2. The molecule has 0 spiro atoms. The van der Waals surface area contributed by atoms with Crippen LogP contribution in [0.3, 0.4) is 0 Å². The lowest BCUT2D eigenvalue weighted by Gasteiger charge is -2.35. The Bertz CT molecular complexity index is 1460. The molecular formula is C29H32BrCl2N3O4S. The van der Waals surface area contributed by atoms with E-state index in [-0.39, 0.29) is 18.9 Å². The zero-order chi connectivity index (χ0) is 29.7. The van der Waals surface area contributed by atoms with Gasteiger partial charge in [-0.25, -0.2) is 8.42 Å². The Hall–Kier alpha value is -2.59. The van der Waals surface area contributed by atoms with Crippen LogP contribution in [-0.2, 0) is 32.6 Å². The SMILES string of the molecule is CC(C)(C)NC(=O)[C@@H](Cc1ccccc1)N(Cc1ccc(Cl)c(Cl)c1)C(=O)CN(c1cccc(Br)c1)S(C)(=O)=O. The zero-order valence-corrected chi connectivity index (χ0v) is 26.6. The number of amides is 2. The van der Waals surface area contributed by atoms with Crippen molar-refractivity contribution in [3.05, 3.63) is 98.4 Å². The van der Waals surface area contributed by atoms with Crippen molar-refractivity contribution in [1.29, 1.82) is 0 Å². The first-order chi connectivity index (χ1) is 18.6. The first-order valence-electron chi connectivity index (χ1n) is 12.5. The van der Waals surface area contributed by atoms with Gasteiger partial charge in [0.2, 0.25) is 21.8 Å². The first-order valence-corrected chi connectivity index (χ1v) is 15.9. The molecule has 3 aromatic rings. The summed E-state index contributed by atoms with van der Waals surface area (Å²) < 4.78 is 27.4. The van der Waals surface area contributed by atoms with E-state index in [0.29, 0.717) is 25.8 Å². The Morgan fingerprint density at radius 2 is 1.60 bits per heavy atom. The van der Waals surface area contributed by atoms with Gasteiger partial charge in [0.1, 0.15) is 12.6 Å². The van der Waals surface area contributed by atoms with Crippen LogP contribution in [0.25, 0.3) is 0 Å². The molecule has 0 unspecified atom stereocenters. The number of hydrogen-bond donors (Lipinski definition) is 1. The minimum atomic E-state index is -3.86. The van der Waals surface area contributed by atoms with E-state index in [9.17, 15) is 18.0 Å². The van der Waals surface area contributed by atoms with Crippen LogP contribution in [0.4, 0.5) is 5.69 Å². The van der Waals surface area contributed by atoms with Gasteiger partial charge in [0.15, 0.2) is 0 Å². The first kappa shape index (κ1) is 31.9. The van der Waals surface area contributed by atoms with E-state index in [1.54, 1.807) is 42.5 Å². The van der Waals surface area contributed by atoms with E-state index >= 15 is 0 Å². The molecule has 3 aromatic carbocycles. The molecule has 0 aromatic heterocycles. The summed E-state index contributed by atoms with van der Waals surface area (Å²) in [6, 6.07) is 20.0. The van der Waals surface area contributed by atoms with Gasteiger partial charge in [-0.05, 0) is 62.2 Å². The Morgan fingerprint density at radius 3 is 2.17 bits per heavy atom. The lowest BCUT2D eigenvalue weighted by molar-refractivity contribution is -0.140. The van der Waals surface area contributed by atoms with Crippen LogP contribution in [-0.4, -0.2) is 49.5 Å². The Kier molecular flexibility index (Phi) is 10.7. The molecule has 3 rings (SSSR count). The van der Waals surface area contributed by atoms with Crippen molar-refractivity contribution >= 4 is 66.7 Å².